The van der Waals surface area contributed by atoms with E-state index < -0.39 is 6.04 Å². The van der Waals surface area contributed by atoms with Gasteiger partial charge >= 0.3 is 0 Å². The summed E-state index contributed by atoms with van der Waals surface area (Å²) in [5.41, 5.74) is 2.69. The summed E-state index contributed by atoms with van der Waals surface area (Å²) in [7, 11) is 0. The van der Waals surface area contributed by atoms with E-state index in [9.17, 15) is 9.59 Å². The van der Waals surface area contributed by atoms with Crippen molar-refractivity contribution in [1.82, 2.24) is 25.2 Å². The summed E-state index contributed by atoms with van der Waals surface area (Å²) in [5, 5.41) is 9.72. The first-order valence-corrected chi connectivity index (χ1v) is 6.97. The molecular formula is C14H17N5O2. The largest absolute Gasteiger partial charge is 0.354 e. The lowest BCUT2D eigenvalue weighted by Crippen LogP contribution is -2.50. The van der Waals surface area contributed by atoms with Gasteiger partial charge in [0.2, 0.25) is 5.91 Å². The van der Waals surface area contributed by atoms with E-state index in [0.29, 0.717) is 18.6 Å². The SMILES string of the molecule is Cc1cc(C)n2nc(C(=O)NC3CCCNC3=O)cc2n1. The van der Waals surface area contributed by atoms with Crippen LogP contribution in [0.5, 0.6) is 0 Å². The number of fused-ring (bicyclic) bond motifs is 1. The number of hydrogen-bond donors (Lipinski definition) is 2. The van der Waals surface area contributed by atoms with Crippen molar-refractivity contribution in [2.75, 3.05) is 6.54 Å². The highest BCUT2D eigenvalue weighted by Crippen LogP contribution is 2.10. The van der Waals surface area contributed by atoms with Crippen molar-refractivity contribution in [2.24, 2.45) is 0 Å². The van der Waals surface area contributed by atoms with E-state index in [1.54, 1.807) is 10.6 Å². The monoisotopic (exact) mass is 287 g/mol. The molecule has 1 aliphatic heterocycles. The van der Waals surface area contributed by atoms with E-state index >= 15 is 0 Å². The van der Waals surface area contributed by atoms with E-state index in [2.05, 4.69) is 20.7 Å². The number of aryl methyl sites for hydroxylation is 2. The Balaban J connectivity index is 1.84. The van der Waals surface area contributed by atoms with Gasteiger partial charge in [-0.1, -0.05) is 0 Å². The molecule has 2 amide bonds. The fourth-order valence-corrected chi connectivity index (χ4v) is 2.54. The van der Waals surface area contributed by atoms with Gasteiger partial charge in [-0.05, 0) is 32.8 Å². The van der Waals surface area contributed by atoms with Gasteiger partial charge in [-0.2, -0.15) is 5.10 Å². The highest BCUT2D eigenvalue weighted by molar-refractivity contribution is 5.97. The van der Waals surface area contributed by atoms with Crippen LogP contribution in [0.25, 0.3) is 5.65 Å². The van der Waals surface area contributed by atoms with Crippen molar-refractivity contribution >= 4 is 17.5 Å². The Bertz CT molecular complexity index is 721. The molecule has 2 aromatic heterocycles. The lowest BCUT2D eigenvalue weighted by molar-refractivity contribution is -0.124. The molecule has 1 atom stereocenters. The Morgan fingerprint density at radius 1 is 1.43 bits per heavy atom. The van der Waals surface area contributed by atoms with Crippen LogP contribution in [0.15, 0.2) is 12.1 Å². The van der Waals surface area contributed by atoms with E-state index in [4.69, 9.17) is 0 Å². The van der Waals surface area contributed by atoms with Crippen LogP contribution in [0.1, 0.15) is 34.7 Å². The van der Waals surface area contributed by atoms with Gasteiger partial charge in [0, 0.05) is 24.0 Å². The second-order valence-corrected chi connectivity index (χ2v) is 5.30. The zero-order valence-electron chi connectivity index (χ0n) is 12.0. The minimum atomic E-state index is -0.480. The predicted molar refractivity (Wildman–Crippen MR) is 76.0 cm³/mol. The van der Waals surface area contributed by atoms with Crippen LogP contribution < -0.4 is 10.6 Å². The number of hydrogen-bond acceptors (Lipinski definition) is 4. The molecule has 21 heavy (non-hydrogen) atoms. The average Bonchev–Trinajstić information content (AvgIpc) is 2.85. The first-order valence-electron chi connectivity index (χ1n) is 6.97. The number of amides is 2. The summed E-state index contributed by atoms with van der Waals surface area (Å²) in [6, 6.07) is 3.05. The fourth-order valence-electron chi connectivity index (χ4n) is 2.54. The van der Waals surface area contributed by atoms with Crippen molar-refractivity contribution in [2.45, 2.75) is 32.7 Å². The van der Waals surface area contributed by atoms with Gasteiger partial charge in [-0.15, -0.1) is 0 Å². The summed E-state index contributed by atoms with van der Waals surface area (Å²) in [6.45, 7) is 4.47. The quantitative estimate of drug-likeness (QED) is 0.834. The number of carbonyl (C=O) groups is 2. The lowest BCUT2D eigenvalue weighted by atomic mass is 10.1. The molecule has 0 saturated carbocycles. The second-order valence-electron chi connectivity index (χ2n) is 5.30. The van der Waals surface area contributed by atoms with Crippen molar-refractivity contribution in [3.8, 4) is 0 Å². The van der Waals surface area contributed by atoms with Crippen LogP contribution in [-0.2, 0) is 4.79 Å². The van der Waals surface area contributed by atoms with Gasteiger partial charge in [0.05, 0.1) is 0 Å². The highest BCUT2D eigenvalue weighted by atomic mass is 16.2. The van der Waals surface area contributed by atoms with E-state index in [1.807, 2.05) is 19.9 Å². The average molecular weight is 287 g/mol. The minimum Gasteiger partial charge on any atom is -0.354 e. The first kappa shape index (κ1) is 13.5. The first-order chi connectivity index (χ1) is 10.0. The maximum Gasteiger partial charge on any atom is 0.272 e. The highest BCUT2D eigenvalue weighted by Gasteiger charge is 2.25. The van der Waals surface area contributed by atoms with Gasteiger partial charge in [0.25, 0.3) is 5.91 Å². The van der Waals surface area contributed by atoms with Crippen LogP contribution >= 0.6 is 0 Å². The Kier molecular flexibility index (Phi) is 3.32. The number of aromatic nitrogens is 3. The van der Waals surface area contributed by atoms with Gasteiger partial charge in [0.15, 0.2) is 11.3 Å². The fraction of sp³-hybridized carbons (Fsp3) is 0.429. The van der Waals surface area contributed by atoms with Gasteiger partial charge in [-0.3, -0.25) is 9.59 Å². The lowest BCUT2D eigenvalue weighted by Gasteiger charge is -2.22. The van der Waals surface area contributed by atoms with Crippen molar-refractivity contribution in [3.63, 3.8) is 0 Å². The number of rotatable bonds is 2. The standard InChI is InChI=1S/C14H17N5O2/c1-8-6-9(2)19-12(16-8)7-11(18-19)14(21)17-10-4-3-5-15-13(10)20/h6-7,10H,3-5H2,1-2H3,(H,15,20)(H,17,21). The Labute approximate surface area is 121 Å². The molecule has 1 aliphatic rings. The van der Waals surface area contributed by atoms with Crippen LogP contribution in [0.3, 0.4) is 0 Å². The molecule has 1 fully saturated rings. The van der Waals surface area contributed by atoms with E-state index in [-0.39, 0.29) is 17.5 Å². The second kappa shape index (κ2) is 5.16. The van der Waals surface area contributed by atoms with Crippen LogP contribution in [0.4, 0.5) is 0 Å². The third-order valence-electron chi connectivity index (χ3n) is 3.56. The molecule has 0 aliphatic carbocycles. The Morgan fingerprint density at radius 2 is 2.24 bits per heavy atom. The maximum atomic E-state index is 12.2. The number of nitrogens with zero attached hydrogens (tertiary/aromatic N) is 3. The van der Waals surface area contributed by atoms with Crippen LogP contribution in [-0.4, -0.2) is 39.0 Å². The molecule has 1 unspecified atom stereocenters. The molecule has 110 valence electrons. The third-order valence-corrected chi connectivity index (χ3v) is 3.56. The normalized spacial score (nSPS) is 18.6. The molecule has 0 radical (unpaired) electrons. The van der Waals surface area contributed by atoms with Gasteiger partial charge in [0.1, 0.15) is 6.04 Å². The Hall–Kier alpha value is -2.44. The number of nitrogens with one attached hydrogen (secondary N) is 2. The van der Waals surface area contributed by atoms with E-state index in [0.717, 1.165) is 17.8 Å². The topological polar surface area (TPSA) is 88.4 Å². The Morgan fingerprint density at radius 3 is 3.00 bits per heavy atom. The van der Waals surface area contributed by atoms with Crippen molar-refractivity contribution in [1.29, 1.82) is 0 Å². The van der Waals surface area contributed by atoms with Gasteiger partial charge in [-0.25, -0.2) is 9.50 Å². The summed E-state index contributed by atoms with van der Waals surface area (Å²) in [4.78, 5) is 28.2. The predicted octanol–water partition coefficient (Wildman–Crippen LogP) is 0.355. The molecule has 0 bridgehead atoms. The number of carbonyl (C=O) groups excluding carboxylic acids is 2. The molecule has 3 heterocycles. The zero-order chi connectivity index (χ0) is 15.0. The summed E-state index contributed by atoms with van der Waals surface area (Å²) >= 11 is 0. The molecule has 2 N–H and O–H groups in total. The zero-order valence-corrected chi connectivity index (χ0v) is 12.0. The molecule has 0 aromatic carbocycles. The number of piperidine rings is 1. The molecule has 7 heteroatoms. The maximum absolute atomic E-state index is 12.2. The van der Waals surface area contributed by atoms with Crippen molar-refractivity contribution < 1.29 is 9.59 Å². The summed E-state index contributed by atoms with van der Waals surface area (Å²) in [6.07, 6.45) is 1.52. The summed E-state index contributed by atoms with van der Waals surface area (Å²) < 4.78 is 1.63. The van der Waals surface area contributed by atoms with Crippen LogP contribution in [0.2, 0.25) is 0 Å². The molecule has 2 aromatic rings. The third kappa shape index (κ3) is 2.58. The molecular weight excluding hydrogens is 270 g/mol. The molecule has 1 saturated heterocycles. The van der Waals surface area contributed by atoms with Crippen LogP contribution in [0, 0.1) is 13.8 Å². The molecule has 7 nitrogen and oxygen atoms in total. The molecule has 0 spiro atoms. The summed E-state index contributed by atoms with van der Waals surface area (Å²) in [5.74, 6) is -0.483. The van der Waals surface area contributed by atoms with Gasteiger partial charge < -0.3 is 10.6 Å². The van der Waals surface area contributed by atoms with E-state index in [1.165, 1.54) is 0 Å². The minimum absolute atomic E-state index is 0.136. The molecule has 3 rings (SSSR count). The smallest absolute Gasteiger partial charge is 0.272 e. The van der Waals surface area contributed by atoms with Crippen molar-refractivity contribution in [3.05, 3.63) is 29.2 Å².